The van der Waals surface area contributed by atoms with Crippen molar-refractivity contribution in [3.63, 3.8) is 0 Å². The Hall–Kier alpha value is -1.50. The fraction of sp³-hybridized carbons (Fsp3) is 0.615. The lowest BCUT2D eigenvalue weighted by atomic mass is 10.2. The van der Waals surface area contributed by atoms with Crippen molar-refractivity contribution in [3.8, 4) is 0 Å². The van der Waals surface area contributed by atoms with E-state index >= 15 is 0 Å². The lowest BCUT2D eigenvalue weighted by molar-refractivity contribution is -0.151. The van der Waals surface area contributed by atoms with Gasteiger partial charge >= 0.3 is 6.18 Å². The largest absolute Gasteiger partial charge is 0.469 e. The maximum atomic E-state index is 12.2. The number of rotatable bonds is 4. The zero-order valence-electron chi connectivity index (χ0n) is 11.0. The number of alkyl halides is 3. The summed E-state index contributed by atoms with van der Waals surface area (Å²) in [6.07, 6.45) is -1.78. The number of carbonyl (C=O) groups is 1. The molecule has 0 aliphatic carbocycles. The molecule has 4 nitrogen and oxygen atoms in total. The van der Waals surface area contributed by atoms with Crippen LogP contribution in [0.15, 0.2) is 22.8 Å². The Morgan fingerprint density at radius 1 is 1.25 bits per heavy atom. The molecule has 0 atom stereocenters. The average molecular weight is 290 g/mol. The quantitative estimate of drug-likeness (QED) is 0.850. The molecule has 112 valence electrons. The monoisotopic (exact) mass is 290 g/mol. The van der Waals surface area contributed by atoms with Crippen molar-refractivity contribution in [1.29, 1.82) is 0 Å². The van der Waals surface area contributed by atoms with Crippen LogP contribution in [0.2, 0.25) is 0 Å². The molecular formula is C13H17F3N2O2. The van der Waals surface area contributed by atoms with E-state index in [1.165, 1.54) is 4.90 Å². The molecule has 1 fully saturated rings. The molecule has 0 aromatic carbocycles. The first-order valence-corrected chi connectivity index (χ1v) is 6.53. The Morgan fingerprint density at radius 2 is 1.95 bits per heavy atom. The number of furan rings is 1. The summed E-state index contributed by atoms with van der Waals surface area (Å²) in [5.74, 6) is 0.710. The Morgan fingerprint density at radius 3 is 2.50 bits per heavy atom. The number of nitrogens with zero attached hydrogens (tertiary/aromatic N) is 2. The van der Waals surface area contributed by atoms with E-state index in [0.29, 0.717) is 25.9 Å². The third-order valence-electron chi connectivity index (χ3n) is 3.29. The Bertz CT molecular complexity index is 423. The van der Waals surface area contributed by atoms with Crippen LogP contribution in [0.4, 0.5) is 13.2 Å². The van der Waals surface area contributed by atoms with Crippen molar-refractivity contribution < 1.29 is 22.4 Å². The number of amides is 1. The molecule has 1 aliphatic rings. The molecule has 1 amide bonds. The van der Waals surface area contributed by atoms with Crippen LogP contribution in [-0.4, -0.2) is 54.6 Å². The zero-order valence-corrected chi connectivity index (χ0v) is 11.0. The zero-order chi connectivity index (χ0) is 14.6. The van der Waals surface area contributed by atoms with E-state index in [4.69, 9.17) is 4.42 Å². The second-order valence-electron chi connectivity index (χ2n) is 4.85. The highest BCUT2D eigenvalue weighted by Crippen LogP contribution is 2.17. The number of aryl methyl sites for hydroxylation is 1. The van der Waals surface area contributed by atoms with Crippen molar-refractivity contribution in [3.05, 3.63) is 24.2 Å². The third-order valence-corrected chi connectivity index (χ3v) is 3.29. The summed E-state index contributed by atoms with van der Waals surface area (Å²) in [5, 5.41) is 0. The van der Waals surface area contributed by atoms with E-state index in [1.54, 1.807) is 23.3 Å². The van der Waals surface area contributed by atoms with Gasteiger partial charge in [0.15, 0.2) is 0 Å². The first-order chi connectivity index (χ1) is 9.44. The molecule has 2 heterocycles. The first-order valence-electron chi connectivity index (χ1n) is 6.53. The van der Waals surface area contributed by atoms with E-state index in [1.807, 2.05) is 0 Å². The van der Waals surface area contributed by atoms with Crippen LogP contribution in [0.3, 0.4) is 0 Å². The van der Waals surface area contributed by atoms with Gasteiger partial charge in [-0.3, -0.25) is 9.69 Å². The van der Waals surface area contributed by atoms with Crippen LogP contribution in [0.1, 0.15) is 12.2 Å². The number of halogens is 3. The van der Waals surface area contributed by atoms with Gasteiger partial charge in [-0.2, -0.15) is 13.2 Å². The van der Waals surface area contributed by atoms with E-state index in [0.717, 1.165) is 5.76 Å². The van der Waals surface area contributed by atoms with Crippen LogP contribution < -0.4 is 0 Å². The molecule has 1 aromatic heterocycles. The Balaban J connectivity index is 1.71. The molecule has 1 aliphatic heterocycles. The van der Waals surface area contributed by atoms with Gasteiger partial charge in [0.2, 0.25) is 5.91 Å². The van der Waals surface area contributed by atoms with Gasteiger partial charge in [-0.05, 0) is 12.1 Å². The summed E-state index contributed by atoms with van der Waals surface area (Å²) < 4.78 is 41.9. The second kappa shape index (κ2) is 6.30. The Kier molecular flexibility index (Phi) is 4.69. The van der Waals surface area contributed by atoms with Crippen LogP contribution >= 0.6 is 0 Å². The standard InChI is InChI=1S/C13H17F3N2O2/c14-13(15,16)10-17-5-7-18(8-6-17)12(19)4-3-11-2-1-9-20-11/h1-2,9H,3-8,10H2. The van der Waals surface area contributed by atoms with Crippen LogP contribution in [0, 0.1) is 0 Å². The van der Waals surface area contributed by atoms with Crippen molar-refractivity contribution in [2.24, 2.45) is 0 Å². The normalized spacial score (nSPS) is 17.4. The van der Waals surface area contributed by atoms with Gasteiger partial charge in [0.05, 0.1) is 12.8 Å². The van der Waals surface area contributed by atoms with Gasteiger partial charge in [-0.15, -0.1) is 0 Å². The predicted molar refractivity (Wildman–Crippen MR) is 66.1 cm³/mol. The minimum Gasteiger partial charge on any atom is -0.469 e. The average Bonchev–Trinajstić information content (AvgIpc) is 2.88. The van der Waals surface area contributed by atoms with Gasteiger partial charge < -0.3 is 9.32 Å². The number of hydrogen-bond acceptors (Lipinski definition) is 3. The van der Waals surface area contributed by atoms with E-state index in [2.05, 4.69) is 0 Å². The van der Waals surface area contributed by atoms with Gasteiger partial charge in [-0.1, -0.05) is 0 Å². The van der Waals surface area contributed by atoms with Gasteiger partial charge in [0.1, 0.15) is 5.76 Å². The molecular weight excluding hydrogens is 273 g/mol. The summed E-state index contributed by atoms with van der Waals surface area (Å²) in [4.78, 5) is 14.9. The molecule has 0 radical (unpaired) electrons. The molecule has 2 rings (SSSR count). The SMILES string of the molecule is O=C(CCc1ccco1)N1CCN(CC(F)(F)F)CC1. The molecule has 0 spiro atoms. The van der Waals surface area contributed by atoms with Crippen LogP contribution in [-0.2, 0) is 11.2 Å². The summed E-state index contributed by atoms with van der Waals surface area (Å²) >= 11 is 0. The minimum atomic E-state index is -4.18. The smallest absolute Gasteiger partial charge is 0.401 e. The summed E-state index contributed by atoms with van der Waals surface area (Å²) in [6, 6.07) is 3.56. The van der Waals surface area contributed by atoms with Crippen LogP contribution in [0.5, 0.6) is 0 Å². The molecule has 0 N–H and O–H groups in total. The molecule has 0 saturated carbocycles. The maximum absolute atomic E-state index is 12.2. The lowest BCUT2D eigenvalue weighted by Crippen LogP contribution is -2.50. The second-order valence-corrected chi connectivity index (χ2v) is 4.85. The number of piperazine rings is 1. The number of hydrogen-bond donors (Lipinski definition) is 0. The predicted octanol–water partition coefficient (Wildman–Crippen LogP) is 1.92. The highest BCUT2D eigenvalue weighted by Gasteiger charge is 2.32. The Labute approximate surface area is 115 Å². The van der Waals surface area contributed by atoms with E-state index in [9.17, 15) is 18.0 Å². The maximum Gasteiger partial charge on any atom is 0.401 e. The van der Waals surface area contributed by atoms with Crippen molar-refractivity contribution in [2.75, 3.05) is 32.7 Å². The molecule has 0 unspecified atom stereocenters. The summed E-state index contributed by atoms with van der Waals surface area (Å²) in [5.41, 5.74) is 0. The summed E-state index contributed by atoms with van der Waals surface area (Å²) in [6.45, 7) is 0.347. The first kappa shape index (κ1) is 14.9. The van der Waals surface area contributed by atoms with Crippen molar-refractivity contribution in [1.82, 2.24) is 9.80 Å². The highest BCUT2D eigenvalue weighted by molar-refractivity contribution is 5.76. The van der Waals surface area contributed by atoms with E-state index in [-0.39, 0.29) is 19.0 Å². The lowest BCUT2D eigenvalue weighted by Gasteiger charge is -2.35. The fourth-order valence-electron chi connectivity index (χ4n) is 2.25. The fourth-order valence-corrected chi connectivity index (χ4v) is 2.25. The van der Waals surface area contributed by atoms with Gasteiger partial charge in [-0.25, -0.2) is 0 Å². The molecule has 7 heteroatoms. The van der Waals surface area contributed by atoms with Gasteiger partial charge in [0, 0.05) is 39.0 Å². The molecule has 1 aromatic rings. The third kappa shape index (κ3) is 4.56. The van der Waals surface area contributed by atoms with Gasteiger partial charge in [0.25, 0.3) is 0 Å². The molecule has 1 saturated heterocycles. The van der Waals surface area contributed by atoms with Crippen molar-refractivity contribution in [2.45, 2.75) is 19.0 Å². The van der Waals surface area contributed by atoms with E-state index < -0.39 is 12.7 Å². The number of carbonyl (C=O) groups excluding carboxylic acids is 1. The highest BCUT2D eigenvalue weighted by atomic mass is 19.4. The molecule has 20 heavy (non-hydrogen) atoms. The summed E-state index contributed by atoms with van der Waals surface area (Å²) in [7, 11) is 0. The topological polar surface area (TPSA) is 36.7 Å². The molecule has 0 bridgehead atoms. The van der Waals surface area contributed by atoms with Crippen molar-refractivity contribution >= 4 is 5.91 Å². The van der Waals surface area contributed by atoms with Crippen LogP contribution in [0.25, 0.3) is 0 Å². The minimum absolute atomic E-state index is 0.0342.